The van der Waals surface area contributed by atoms with Gasteiger partial charge in [-0.05, 0) is 45.3 Å². The number of aromatic amines is 1. The molecule has 0 saturated carbocycles. The first kappa shape index (κ1) is 17.4. The summed E-state index contributed by atoms with van der Waals surface area (Å²) >= 11 is 0. The van der Waals surface area contributed by atoms with Crippen molar-refractivity contribution < 1.29 is 13.9 Å². The van der Waals surface area contributed by atoms with Crippen molar-refractivity contribution in [3.05, 3.63) is 45.6 Å². The maximum atomic E-state index is 13.5. The molecule has 3 rings (SSSR count). The van der Waals surface area contributed by atoms with Gasteiger partial charge in [0.15, 0.2) is 0 Å². The Morgan fingerprint density at radius 3 is 2.72 bits per heavy atom. The molecular formula is C18H22FN3O3. The minimum absolute atomic E-state index is 0.193. The average Bonchev–Trinajstić information content (AvgIpc) is 2.52. The molecule has 1 aromatic carbocycles. The summed E-state index contributed by atoms with van der Waals surface area (Å²) in [4.78, 5) is 29.1. The summed E-state index contributed by atoms with van der Waals surface area (Å²) in [6.07, 6.45) is -0.432. The number of nitrogens with one attached hydrogen (secondary N) is 2. The quantitative estimate of drug-likeness (QED) is 0.832. The van der Waals surface area contributed by atoms with Gasteiger partial charge in [0.2, 0.25) is 0 Å². The first-order chi connectivity index (χ1) is 11.7. The van der Waals surface area contributed by atoms with Crippen molar-refractivity contribution >= 4 is 16.9 Å². The number of carbonyl (C=O) groups excluding carboxylic acids is 1. The predicted octanol–water partition coefficient (Wildman–Crippen LogP) is 2.68. The van der Waals surface area contributed by atoms with E-state index >= 15 is 0 Å². The summed E-state index contributed by atoms with van der Waals surface area (Å²) < 4.78 is 19.0. The van der Waals surface area contributed by atoms with Gasteiger partial charge in [-0.1, -0.05) is 6.07 Å². The second-order valence-corrected chi connectivity index (χ2v) is 7.24. The second kappa shape index (κ2) is 6.15. The Morgan fingerprint density at radius 2 is 2.08 bits per heavy atom. The first-order valence-electron chi connectivity index (χ1n) is 8.19. The zero-order valence-electron chi connectivity index (χ0n) is 14.8. The van der Waals surface area contributed by atoms with E-state index < -0.39 is 17.5 Å². The van der Waals surface area contributed by atoms with Crippen molar-refractivity contribution in [2.45, 2.75) is 39.0 Å². The number of amides is 1. The van der Waals surface area contributed by atoms with E-state index in [2.05, 4.69) is 10.3 Å². The van der Waals surface area contributed by atoms with Crippen LogP contribution < -0.4 is 10.9 Å². The van der Waals surface area contributed by atoms with Gasteiger partial charge in [-0.3, -0.25) is 4.79 Å². The molecule has 0 fully saturated rings. The second-order valence-electron chi connectivity index (χ2n) is 7.24. The van der Waals surface area contributed by atoms with Crippen molar-refractivity contribution in [1.29, 1.82) is 0 Å². The lowest BCUT2D eigenvalue weighted by Gasteiger charge is -2.35. The lowest BCUT2D eigenvalue weighted by molar-refractivity contribution is 0.0196. The Bertz CT molecular complexity index is 885. The summed E-state index contributed by atoms with van der Waals surface area (Å²) in [6, 6.07) is 4.00. The van der Waals surface area contributed by atoms with Crippen LogP contribution in [0.1, 0.15) is 38.1 Å². The topological polar surface area (TPSA) is 74.4 Å². The van der Waals surface area contributed by atoms with Gasteiger partial charge in [-0.2, -0.15) is 0 Å². The fourth-order valence-corrected chi connectivity index (χ4v) is 3.16. The number of ether oxygens (including phenoxy) is 1. The zero-order chi connectivity index (χ0) is 18.4. The first-order valence-corrected chi connectivity index (χ1v) is 8.19. The van der Waals surface area contributed by atoms with Crippen LogP contribution in [0.2, 0.25) is 0 Å². The van der Waals surface area contributed by atoms with Crippen molar-refractivity contribution in [2.24, 2.45) is 0 Å². The van der Waals surface area contributed by atoms with Crippen LogP contribution in [-0.4, -0.2) is 35.2 Å². The molecule has 1 atom stereocenters. The molecule has 1 aromatic heterocycles. The van der Waals surface area contributed by atoms with E-state index in [4.69, 9.17) is 4.74 Å². The number of nitrogens with zero attached hydrogens (tertiary/aromatic N) is 1. The van der Waals surface area contributed by atoms with Crippen LogP contribution in [0, 0.1) is 5.82 Å². The van der Waals surface area contributed by atoms with E-state index in [0.717, 1.165) is 5.56 Å². The minimum atomic E-state index is -0.596. The fraction of sp³-hybridized carbons (Fsp3) is 0.444. The van der Waals surface area contributed by atoms with Gasteiger partial charge in [-0.25, -0.2) is 9.18 Å². The van der Waals surface area contributed by atoms with Crippen LogP contribution in [0.4, 0.5) is 9.18 Å². The molecule has 25 heavy (non-hydrogen) atoms. The Hall–Kier alpha value is -2.41. The molecule has 0 aliphatic carbocycles. The van der Waals surface area contributed by atoms with Crippen LogP contribution in [0.25, 0.3) is 10.8 Å². The SMILES string of the molecule is CN[C@H]1CN(C(=O)OC(C)(C)C)Cc2[nH]c(=O)c3cc(F)ccc3c21. The highest BCUT2D eigenvalue weighted by Gasteiger charge is 2.32. The van der Waals surface area contributed by atoms with Crippen LogP contribution in [0.15, 0.2) is 23.0 Å². The molecule has 0 radical (unpaired) electrons. The third-order valence-electron chi connectivity index (χ3n) is 4.21. The van der Waals surface area contributed by atoms with Gasteiger partial charge in [0.25, 0.3) is 5.56 Å². The van der Waals surface area contributed by atoms with E-state index in [-0.39, 0.29) is 18.1 Å². The molecule has 6 nitrogen and oxygen atoms in total. The molecule has 1 aliphatic rings. The molecule has 0 saturated heterocycles. The number of aromatic nitrogens is 1. The lowest BCUT2D eigenvalue weighted by Crippen LogP contribution is -2.45. The monoisotopic (exact) mass is 347 g/mol. The molecule has 0 spiro atoms. The molecule has 0 unspecified atom stereocenters. The standard InChI is InChI=1S/C18H22FN3O3/c1-18(2,3)25-17(24)22-8-13(20-4)15-11-6-5-10(19)7-12(11)16(23)21-14(15)9-22/h5-7,13,20H,8-9H2,1-4H3,(H,21,23)/t13-/m0/s1. The largest absolute Gasteiger partial charge is 0.444 e. The highest BCUT2D eigenvalue weighted by molar-refractivity contribution is 5.86. The molecule has 7 heteroatoms. The fourth-order valence-electron chi connectivity index (χ4n) is 3.16. The van der Waals surface area contributed by atoms with Crippen LogP contribution in [0.5, 0.6) is 0 Å². The van der Waals surface area contributed by atoms with E-state index in [1.807, 2.05) is 20.8 Å². The van der Waals surface area contributed by atoms with Gasteiger partial charge >= 0.3 is 6.09 Å². The number of H-pyrrole nitrogens is 1. The Kier molecular flexibility index (Phi) is 4.28. The summed E-state index contributed by atoms with van der Waals surface area (Å²) in [5, 5.41) is 4.18. The van der Waals surface area contributed by atoms with Crippen LogP contribution in [-0.2, 0) is 11.3 Å². The molecule has 1 aliphatic heterocycles. The number of hydrogen-bond acceptors (Lipinski definition) is 4. The number of halogens is 1. The number of hydrogen-bond donors (Lipinski definition) is 2. The molecule has 0 bridgehead atoms. The molecule has 2 aromatic rings. The van der Waals surface area contributed by atoms with Gasteiger partial charge in [0, 0.05) is 17.8 Å². The maximum Gasteiger partial charge on any atom is 0.410 e. The highest BCUT2D eigenvalue weighted by Crippen LogP contribution is 2.31. The van der Waals surface area contributed by atoms with E-state index in [9.17, 15) is 14.0 Å². The minimum Gasteiger partial charge on any atom is -0.444 e. The van der Waals surface area contributed by atoms with Crippen LogP contribution in [0.3, 0.4) is 0 Å². The third-order valence-corrected chi connectivity index (χ3v) is 4.21. The number of carbonyl (C=O) groups is 1. The van der Waals surface area contributed by atoms with Crippen molar-refractivity contribution in [3.8, 4) is 0 Å². The number of benzene rings is 1. The van der Waals surface area contributed by atoms with Gasteiger partial charge in [0.1, 0.15) is 11.4 Å². The van der Waals surface area contributed by atoms with Crippen molar-refractivity contribution in [3.63, 3.8) is 0 Å². The molecule has 2 N–H and O–H groups in total. The summed E-state index contributed by atoms with van der Waals surface area (Å²) in [7, 11) is 1.79. The Morgan fingerprint density at radius 1 is 1.36 bits per heavy atom. The summed E-state index contributed by atoms with van der Waals surface area (Å²) in [6.45, 7) is 6.06. The number of rotatable bonds is 1. The van der Waals surface area contributed by atoms with Gasteiger partial charge < -0.3 is 19.9 Å². The third kappa shape index (κ3) is 3.37. The molecule has 1 amide bonds. The van der Waals surface area contributed by atoms with Gasteiger partial charge in [0.05, 0.1) is 18.0 Å². The maximum absolute atomic E-state index is 13.5. The van der Waals surface area contributed by atoms with Crippen molar-refractivity contribution in [1.82, 2.24) is 15.2 Å². The molecule has 134 valence electrons. The normalized spacial score (nSPS) is 17.5. The Labute approximate surface area is 145 Å². The lowest BCUT2D eigenvalue weighted by atomic mass is 9.94. The Balaban J connectivity index is 2.07. The van der Waals surface area contributed by atoms with Crippen molar-refractivity contribution in [2.75, 3.05) is 13.6 Å². The average molecular weight is 347 g/mol. The number of fused-ring (bicyclic) bond motifs is 3. The number of pyridine rings is 1. The molecule has 2 heterocycles. The van der Waals surface area contributed by atoms with E-state index in [0.29, 0.717) is 23.0 Å². The predicted molar refractivity (Wildman–Crippen MR) is 93.0 cm³/mol. The van der Waals surface area contributed by atoms with Gasteiger partial charge in [-0.15, -0.1) is 0 Å². The summed E-state index contributed by atoms with van der Waals surface area (Å²) in [5.41, 5.74) is 0.562. The van der Waals surface area contributed by atoms with E-state index in [1.165, 1.54) is 12.1 Å². The number of likely N-dealkylation sites (N-methyl/N-ethyl adjacent to an activating group) is 1. The van der Waals surface area contributed by atoms with Crippen LogP contribution >= 0.6 is 0 Å². The highest BCUT2D eigenvalue weighted by atomic mass is 19.1. The van der Waals surface area contributed by atoms with E-state index in [1.54, 1.807) is 18.0 Å². The summed E-state index contributed by atoms with van der Waals surface area (Å²) in [5.74, 6) is -0.454. The zero-order valence-corrected chi connectivity index (χ0v) is 14.8. The smallest absolute Gasteiger partial charge is 0.410 e. The molecular weight excluding hydrogens is 325 g/mol.